The van der Waals surface area contributed by atoms with Crippen LogP contribution < -0.4 is 4.90 Å². The van der Waals surface area contributed by atoms with Gasteiger partial charge in [-0.05, 0) is 43.7 Å². The van der Waals surface area contributed by atoms with Crippen molar-refractivity contribution < 1.29 is 5.11 Å². The second-order valence-electron chi connectivity index (χ2n) is 6.03. The second-order valence-corrected chi connectivity index (χ2v) is 6.03. The molecule has 0 amide bonds. The number of para-hydroxylation sites is 1. The number of hydrogen-bond donors (Lipinski definition) is 1. The van der Waals surface area contributed by atoms with Crippen molar-refractivity contribution in [3.05, 3.63) is 30.3 Å². The van der Waals surface area contributed by atoms with Gasteiger partial charge >= 0.3 is 0 Å². The summed E-state index contributed by atoms with van der Waals surface area (Å²) in [6.45, 7) is 1.98. The first-order chi connectivity index (χ1) is 8.75. The van der Waals surface area contributed by atoms with Gasteiger partial charge in [-0.1, -0.05) is 31.0 Å². The highest BCUT2D eigenvalue weighted by Gasteiger charge is 2.34. The van der Waals surface area contributed by atoms with Crippen molar-refractivity contribution >= 4 is 5.69 Å². The average molecular weight is 245 g/mol. The van der Waals surface area contributed by atoms with Crippen molar-refractivity contribution in [3.63, 3.8) is 0 Å². The van der Waals surface area contributed by atoms with Crippen LogP contribution in [0.3, 0.4) is 0 Å². The van der Waals surface area contributed by atoms with Gasteiger partial charge in [-0.25, -0.2) is 0 Å². The summed E-state index contributed by atoms with van der Waals surface area (Å²) >= 11 is 0. The van der Waals surface area contributed by atoms with E-state index in [2.05, 4.69) is 35.2 Å². The quantitative estimate of drug-likeness (QED) is 0.880. The molecule has 1 aliphatic carbocycles. The number of aliphatic hydroxyl groups is 1. The van der Waals surface area contributed by atoms with E-state index < -0.39 is 0 Å². The van der Waals surface area contributed by atoms with E-state index in [1.807, 2.05) is 0 Å². The van der Waals surface area contributed by atoms with Crippen molar-refractivity contribution in [3.8, 4) is 0 Å². The molecule has 3 rings (SSSR count). The summed E-state index contributed by atoms with van der Waals surface area (Å²) in [5.41, 5.74) is 0.912. The molecule has 1 aliphatic heterocycles. The van der Waals surface area contributed by atoms with Gasteiger partial charge in [-0.15, -0.1) is 0 Å². The molecule has 2 aliphatic rings. The summed E-state index contributed by atoms with van der Waals surface area (Å²) in [5.74, 6) is 0.932. The second kappa shape index (κ2) is 4.93. The maximum Gasteiger partial charge on any atom is 0.0681 e. The van der Waals surface area contributed by atoms with Crippen LogP contribution in [0.1, 0.15) is 38.5 Å². The van der Waals surface area contributed by atoms with Gasteiger partial charge in [-0.2, -0.15) is 0 Å². The average Bonchev–Trinajstić information content (AvgIpc) is 3.23. The van der Waals surface area contributed by atoms with Crippen LogP contribution in [0.25, 0.3) is 0 Å². The molecule has 0 aromatic heterocycles. The molecule has 18 heavy (non-hydrogen) atoms. The van der Waals surface area contributed by atoms with Gasteiger partial charge in [0.25, 0.3) is 0 Å². The molecular weight excluding hydrogens is 222 g/mol. The zero-order valence-corrected chi connectivity index (χ0v) is 11.0. The molecule has 1 saturated heterocycles. The largest absolute Gasteiger partial charge is 0.390 e. The zero-order chi connectivity index (χ0) is 12.4. The Hall–Kier alpha value is -1.02. The van der Waals surface area contributed by atoms with E-state index in [0.29, 0.717) is 0 Å². The zero-order valence-electron chi connectivity index (χ0n) is 11.0. The number of rotatable bonds is 4. The molecule has 0 spiro atoms. The molecule has 0 radical (unpaired) electrons. The van der Waals surface area contributed by atoms with Crippen LogP contribution >= 0.6 is 0 Å². The molecule has 1 aromatic carbocycles. The maximum atomic E-state index is 10.6. The summed E-state index contributed by atoms with van der Waals surface area (Å²) in [5, 5.41) is 10.6. The van der Waals surface area contributed by atoms with Crippen molar-refractivity contribution in [2.75, 3.05) is 18.0 Å². The Morgan fingerprint density at radius 1 is 1.11 bits per heavy atom. The summed E-state index contributed by atoms with van der Waals surface area (Å²) in [6.07, 6.45) is 6.89. The van der Waals surface area contributed by atoms with Crippen LogP contribution in [0.4, 0.5) is 5.69 Å². The monoisotopic (exact) mass is 245 g/mol. The lowest BCUT2D eigenvalue weighted by Gasteiger charge is -2.39. The molecule has 1 aromatic rings. The van der Waals surface area contributed by atoms with Gasteiger partial charge in [0.05, 0.1) is 5.60 Å². The topological polar surface area (TPSA) is 23.5 Å². The fourth-order valence-corrected chi connectivity index (χ4v) is 2.95. The van der Waals surface area contributed by atoms with Crippen LogP contribution in [0.2, 0.25) is 0 Å². The molecule has 0 atom stereocenters. The summed E-state index contributed by atoms with van der Waals surface area (Å²) in [6, 6.07) is 10.6. The fraction of sp³-hybridized carbons (Fsp3) is 0.625. The first-order valence-corrected chi connectivity index (χ1v) is 7.28. The Balaban J connectivity index is 1.53. The van der Waals surface area contributed by atoms with E-state index >= 15 is 0 Å². The highest BCUT2D eigenvalue weighted by atomic mass is 16.3. The van der Waals surface area contributed by atoms with E-state index in [1.165, 1.54) is 24.9 Å². The van der Waals surface area contributed by atoms with E-state index in [0.717, 1.165) is 38.3 Å². The van der Waals surface area contributed by atoms with Gasteiger partial charge in [0, 0.05) is 18.8 Å². The number of benzene rings is 1. The molecule has 2 fully saturated rings. The SMILES string of the molecule is OC1(CCC2CC2)CCN(c2ccccc2)CC1. The summed E-state index contributed by atoms with van der Waals surface area (Å²) in [7, 11) is 0. The van der Waals surface area contributed by atoms with Crippen LogP contribution in [0, 0.1) is 5.92 Å². The molecular formula is C16H23NO. The number of anilines is 1. The molecule has 0 bridgehead atoms. The fourth-order valence-electron chi connectivity index (χ4n) is 2.95. The molecule has 1 N–H and O–H groups in total. The van der Waals surface area contributed by atoms with Crippen LogP contribution in [0.5, 0.6) is 0 Å². The third-order valence-electron chi connectivity index (χ3n) is 4.53. The van der Waals surface area contributed by atoms with Crippen molar-refractivity contribution in [2.24, 2.45) is 5.92 Å². The van der Waals surface area contributed by atoms with Gasteiger partial charge in [-0.3, -0.25) is 0 Å². The molecule has 2 heteroatoms. The van der Waals surface area contributed by atoms with Crippen molar-refractivity contribution in [2.45, 2.75) is 44.1 Å². The lowest BCUT2D eigenvalue weighted by atomic mass is 9.86. The highest BCUT2D eigenvalue weighted by Crippen LogP contribution is 2.38. The Bertz CT molecular complexity index is 377. The minimum Gasteiger partial charge on any atom is -0.390 e. The Morgan fingerprint density at radius 2 is 1.78 bits per heavy atom. The smallest absolute Gasteiger partial charge is 0.0681 e. The van der Waals surface area contributed by atoms with E-state index in [9.17, 15) is 5.11 Å². The molecule has 98 valence electrons. The highest BCUT2D eigenvalue weighted by molar-refractivity contribution is 5.46. The third-order valence-corrected chi connectivity index (χ3v) is 4.53. The van der Waals surface area contributed by atoms with Gasteiger partial charge in [0.15, 0.2) is 0 Å². The lowest BCUT2D eigenvalue weighted by Crippen LogP contribution is -2.44. The minimum absolute atomic E-state index is 0.381. The standard InChI is InChI=1S/C16H23NO/c18-16(9-8-14-6-7-14)10-12-17(13-11-16)15-4-2-1-3-5-15/h1-5,14,18H,6-13H2. The lowest BCUT2D eigenvalue weighted by molar-refractivity contribution is 0.00498. The molecule has 1 saturated carbocycles. The Labute approximate surface area is 110 Å². The van der Waals surface area contributed by atoms with E-state index in [4.69, 9.17) is 0 Å². The van der Waals surface area contributed by atoms with E-state index in [-0.39, 0.29) is 5.60 Å². The van der Waals surface area contributed by atoms with Gasteiger partial charge < -0.3 is 10.0 Å². The minimum atomic E-state index is -0.381. The predicted molar refractivity (Wildman–Crippen MR) is 74.8 cm³/mol. The Morgan fingerprint density at radius 3 is 2.39 bits per heavy atom. The van der Waals surface area contributed by atoms with Gasteiger partial charge in [0.1, 0.15) is 0 Å². The van der Waals surface area contributed by atoms with E-state index in [1.54, 1.807) is 0 Å². The summed E-state index contributed by atoms with van der Waals surface area (Å²) in [4.78, 5) is 2.39. The normalized spacial score (nSPS) is 23.1. The Kier molecular flexibility index (Phi) is 3.29. The van der Waals surface area contributed by atoms with Crippen LogP contribution in [0.15, 0.2) is 30.3 Å². The molecule has 2 nitrogen and oxygen atoms in total. The number of piperidine rings is 1. The maximum absolute atomic E-state index is 10.6. The number of hydrogen-bond acceptors (Lipinski definition) is 2. The van der Waals surface area contributed by atoms with Crippen molar-refractivity contribution in [1.29, 1.82) is 0 Å². The molecule has 0 unspecified atom stereocenters. The van der Waals surface area contributed by atoms with Crippen LogP contribution in [-0.4, -0.2) is 23.8 Å². The third kappa shape index (κ3) is 2.86. The first kappa shape index (κ1) is 12.0. The predicted octanol–water partition coefficient (Wildman–Crippen LogP) is 3.21. The van der Waals surface area contributed by atoms with Crippen LogP contribution in [-0.2, 0) is 0 Å². The number of nitrogens with zero attached hydrogens (tertiary/aromatic N) is 1. The van der Waals surface area contributed by atoms with Gasteiger partial charge in [0.2, 0.25) is 0 Å². The first-order valence-electron chi connectivity index (χ1n) is 7.28. The molecule has 1 heterocycles. The summed E-state index contributed by atoms with van der Waals surface area (Å²) < 4.78 is 0. The van der Waals surface area contributed by atoms with Crippen molar-refractivity contribution in [1.82, 2.24) is 0 Å².